The molecule has 0 heterocycles. The van der Waals surface area contributed by atoms with Crippen molar-refractivity contribution in [2.24, 2.45) is 5.92 Å². The van der Waals surface area contributed by atoms with Gasteiger partial charge in [0.15, 0.2) is 0 Å². The average Bonchev–Trinajstić information content (AvgIpc) is 2.28. The van der Waals surface area contributed by atoms with Crippen LogP contribution in [-0.4, -0.2) is 39.3 Å². The molecule has 0 rings (SSSR count). The second-order valence-corrected chi connectivity index (χ2v) is 4.07. The fraction of sp³-hybridized carbons (Fsp3) is 0.917. The monoisotopic (exact) mass is 266 g/mol. The SMILES string of the molecule is CCCCOCCCNC(=O)C(C)CNC.Cl. The molecule has 1 unspecified atom stereocenters. The summed E-state index contributed by atoms with van der Waals surface area (Å²) in [5.74, 6) is 0.147. The van der Waals surface area contributed by atoms with Gasteiger partial charge in [-0.1, -0.05) is 20.3 Å². The molecule has 1 amide bonds. The Morgan fingerprint density at radius 3 is 2.53 bits per heavy atom. The zero-order chi connectivity index (χ0) is 12.2. The molecule has 0 bridgehead atoms. The van der Waals surface area contributed by atoms with Gasteiger partial charge in [-0.2, -0.15) is 0 Å². The van der Waals surface area contributed by atoms with Crippen LogP contribution in [0.4, 0.5) is 0 Å². The van der Waals surface area contributed by atoms with Crippen molar-refractivity contribution in [3.8, 4) is 0 Å². The lowest BCUT2D eigenvalue weighted by molar-refractivity contribution is -0.124. The van der Waals surface area contributed by atoms with Crippen LogP contribution in [-0.2, 0) is 9.53 Å². The first kappa shape index (κ1) is 19.0. The summed E-state index contributed by atoms with van der Waals surface area (Å²) in [5.41, 5.74) is 0. The van der Waals surface area contributed by atoms with Gasteiger partial charge in [0.1, 0.15) is 0 Å². The predicted octanol–water partition coefficient (Wildman–Crippen LogP) is 1.59. The van der Waals surface area contributed by atoms with Crippen LogP contribution in [0.5, 0.6) is 0 Å². The van der Waals surface area contributed by atoms with Gasteiger partial charge < -0.3 is 15.4 Å². The maximum atomic E-state index is 11.5. The van der Waals surface area contributed by atoms with Gasteiger partial charge in [-0.05, 0) is 19.9 Å². The molecule has 4 nitrogen and oxygen atoms in total. The minimum atomic E-state index is 0. The average molecular weight is 267 g/mol. The summed E-state index contributed by atoms with van der Waals surface area (Å²) in [6.45, 7) is 7.06. The molecule has 17 heavy (non-hydrogen) atoms. The lowest BCUT2D eigenvalue weighted by atomic mass is 10.1. The molecule has 0 spiro atoms. The van der Waals surface area contributed by atoms with Gasteiger partial charge in [0, 0.05) is 32.2 Å². The zero-order valence-corrected chi connectivity index (χ0v) is 12.1. The molecule has 0 aromatic heterocycles. The van der Waals surface area contributed by atoms with Crippen molar-refractivity contribution >= 4 is 18.3 Å². The third-order valence-electron chi connectivity index (χ3n) is 2.36. The van der Waals surface area contributed by atoms with Crippen LogP contribution in [0, 0.1) is 5.92 Å². The summed E-state index contributed by atoms with van der Waals surface area (Å²) >= 11 is 0. The van der Waals surface area contributed by atoms with Crippen LogP contribution in [0.25, 0.3) is 0 Å². The van der Waals surface area contributed by atoms with E-state index in [0.717, 1.165) is 39.0 Å². The molecule has 0 aliphatic rings. The van der Waals surface area contributed by atoms with Crippen molar-refractivity contribution in [1.82, 2.24) is 10.6 Å². The first-order chi connectivity index (χ1) is 7.72. The third kappa shape index (κ3) is 11.9. The highest BCUT2D eigenvalue weighted by Gasteiger charge is 2.09. The van der Waals surface area contributed by atoms with Crippen molar-refractivity contribution in [2.45, 2.75) is 33.1 Å². The number of rotatable bonds is 10. The van der Waals surface area contributed by atoms with E-state index >= 15 is 0 Å². The van der Waals surface area contributed by atoms with Crippen LogP contribution in [0.3, 0.4) is 0 Å². The molecule has 0 aromatic carbocycles. The molecule has 0 aliphatic carbocycles. The van der Waals surface area contributed by atoms with Gasteiger partial charge in [-0.25, -0.2) is 0 Å². The van der Waals surface area contributed by atoms with Gasteiger partial charge in [0.05, 0.1) is 0 Å². The summed E-state index contributed by atoms with van der Waals surface area (Å²) in [6.07, 6.45) is 3.17. The van der Waals surface area contributed by atoms with E-state index in [1.165, 1.54) is 0 Å². The van der Waals surface area contributed by atoms with E-state index in [9.17, 15) is 4.79 Å². The number of unbranched alkanes of at least 4 members (excludes halogenated alkanes) is 1. The zero-order valence-electron chi connectivity index (χ0n) is 11.3. The highest BCUT2D eigenvalue weighted by atomic mass is 35.5. The van der Waals surface area contributed by atoms with Crippen LogP contribution < -0.4 is 10.6 Å². The Kier molecular flexibility index (Phi) is 15.4. The first-order valence-electron chi connectivity index (χ1n) is 6.22. The van der Waals surface area contributed by atoms with E-state index in [-0.39, 0.29) is 24.2 Å². The fourth-order valence-electron chi connectivity index (χ4n) is 1.31. The van der Waals surface area contributed by atoms with Gasteiger partial charge in [-0.3, -0.25) is 4.79 Å². The molecule has 0 fully saturated rings. The van der Waals surface area contributed by atoms with E-state index in [0.29, 0.717) is 6.54 Å². The minimum absolute atomic E-state index is 0. The van der Waals surface area contributed by atoms with Crippen LogP contribution >= 0.6 is 12.4 Å². The van der Waals surface area contributed by atoms with Crippen molar-refractivity contribution < 1.29 is 9.53 Å². The lowest BCUT2D eigenvalue weighted by Gasteiger charge is -2.11. The Bertz CT molecular complexity index is 180. The maximum Gasteiger partial charge on any atom is 0.224 e. The largest absolute Gasteiger partial charge is 0.381 e. The number of amides is 1. The highest BCUT2D eigenvalue weighted by molar-refractivity contribution is 5.85. The van der Waals surface area contributed by atoms with Crippen molar-refractivity contribution in [3.63, 3.8) is 0 Å². The molecule has 0 saturated carbocycles. The topological polar surface area (TPSA) is 50.4 Å². The molecule has 104 valence electrons. The summed E-state index contributed by atoms with van der Waals surface area (Å²) < 4.78 is 5.40. The molecule has 0 radical (unpaired) electrons. The van der Waals surface area contributed by atoms with Crippen molar-refractivity contribution in [1.29, 1.82) is 0 Å². The maximum absolute atomic E-state index is 11.5. The van der Waals surface area contributed by atoms with E-state index in [4.69, 9.17) is 4.74 Å². The normalized spacial score (nSPS) is 11.7. The molecule has 0 aliphatic heterocycles. The Morgan fingerprint density at radius 2 is 1.94 bits per heavy atom. The first-order valence-corrected chi connectivity index (χ1v) is 6.22. The fourth-order valence-corrected chi connectivity index (χ4v) is 1.31. The summed E-state index contributed by atoms with van der Waals surface area (Å²) in [5, 5.41) is 5.89. The number of nitrogens with one attached hydrogen (secondary N) is 2. The number of halogens is 1. The van der Waals surface area contributed by atoms with Gasteiger partial charge >= 0.3 is 0 Å². The van der Waals surface area contributed by atoms with E-state index in [1.807, 2.05) is 14.0 Å². The quantitative estimate of drug-likeness (QED) is 0.591. The molecule has 5 heteroatoms. The Labute approximate surface area is 111 Å². The van der Waals surface area contributed by atoms with Crippen LogP contribution in [0.1, 0.15) is 33.1 Å². The van der Waals surface area contributed by atoms with E-state index in [2.05, 4.69) is 17.6 Å². The van der Waals surface area contributed by atoms with E-state index < -0.39 is 0 Å². The molecule has 0 saturated heterocycles. The van der Waals surface area contributed by atoms with Gasteiger partial charge in [0.25, 0.3) is 0 Å². The number of carbonyl (C=O) groups excluding carboxylic acids is 1. The standard InChI is InChI=1S/C12H26N2O2.ClH/c1-4-5-8-16-9-6-7-14-12(15)11(2)10-13-3;/h11,13H,4-10H2,1-3H3,(H,14,15);1H. The smallest absolute Gasteiger partial charge is 0.224 e. The molecule has 1 atom stereocenters. The summed E-state index contributed by atoms with van der Waals surface area (Å²) in [4.78, 5) is 11.5. The van der Waals surface area contributed by atoms with Gasteiger partial charge in [-0.15, -0.1) is 12.4 Å². The Hall–Kier alpha value is -0.320. The highest BCUT2D eigenvalue weighted by Crippen LogP contribution is 1.93. The van der Waals surface area contributed by atoms with Crippen molar-refractivity contribution in [3.05, 3.63) is 0 Å². The lowest BCUT2D eigenvalue weighted by Crippen LogP contribution is -2.35. The summed E-state index contributed by atoms with van der Waals surface area (Å²) in [7, 11) is 1.85. The second kappa shape index (κ2) is 13.7. The Balaban J connectivity index is 0. The third-order valence-corrected chi connectivity index (χ3v) is 2.36. The Morgan fingerprint density at radius 1 is 1.29 bits per heavy atom. The molecular formula is C12H27ClN2O2. The minimum Gasteiger partial charge on any atom is -0.381 e. The number of carbonyl (C=O) groups is 1. The molecule has 2 N–H and O–H groups in total. The van der Waals surface area contributed by atoms with E-state index in [1.54, 1.807) is 0 Å². The van der Waals surface area contributed by atoms with Crippen LogP contribution in [0.2, 0.25) is 0 Å². The molecule has 0 aromatic rings. The number of ether oxygens (including phenoxy) is 1. The summed E-state index contributed by atoms with van der Waals surface area (Å²) in [6, 6.07) is 0. The number of hydrogen-bond acceptors (Lipinski definition) is 3. The molecular weight excluding hydrogens is 240 g/mol. The number of hydrogen-bond donors (Lipinski definition) is 2. The second-order valence-electron chi connectivity index (χ2n) is 4.07. The predicted molar refractivity (Wildman–Crippen MR) is 73.7 cm³/mol. The van der Waals surface area contributed by atoms with Gasteiger partial charge in [0.2, 0.25) is 5.91 Å². The van der Waals surface area contributed by atoms with Crippen LogP contribution in [0.15, 0.2) is 0 Å². The van der Waals surface area contributed by atoms with Crippen molar-refractivity contribution in [2.75, 3.05) is 33.4 Å².